The summed E-state index contributed by atoms with van der Waals surface area (Å²) in [7, 11) is 0. The van der Waals surface area contributed by atoms with Gasteiger partial charge < -0.3 is 9.84 Å². The van der Waals surface area contributed by atoms with Crippen LogP contribution in [0, 0.1) is 0 Å². The van der Waals surface area contributed by atoms with Crippen LogP contribution in [0.1, 0.15) is 52.4 Å². The molecular weight excluding hydrogens is 180 g/mol. The maximum Gasteiger partial charge on any atom is 0.293 e. The number of carbonyl (C=O) groups is 1. The molecule has 2 unspecified atom stereocenters. The Bertz CT molecular complexity index is 136. The van der Waals surface area contributed by atoms with Crippen molar-refractivity contribution in [3.8, 4) is 0 Å². The van der Waals surface area contributed by atoms with Crippen LogP contribution in [0.2, 0.25) is 0 Å². The number of rotatable bonds is 9. The lowest BCUT2D eigenvalue weighted by atomic mass is 10.0. The van der Waals surface area contributed by atoms with Crippen molar-refractivity contribution in [3.05, 3.63) is 0 Å². The van der Waals surface area contributed by atoms with Crippen molar-refractivity contribution in [1.82, 2.24) is 0 Å². The van der Waals surface area contributed by atoms with Gasteiger partial charge in [0.05, 0.1) is 6.10 Å². The predicted molar refractivity (Wildman–Crippen MR) is 56.0 cm³/mol. The van der Waals surface area contributed by atoms with Gasteiger partial charge >= 0.3 is 0 Å². The predicted octanol–water partition coefficient (Wildman–Crippen LogP) is 2.27. The van der Waals surface area contributed by atoms with Gasteiger partial charge in [0, 0.05) is 0 Å². The molecule has 0 spiro atoms. The van der Waals surface area contributed by atoms with E-state index in [2.05, 4.69) is 6.92 Å². The number of ether oxygens (including phenoxy) is 1. The fourth-order valence-corrected chi connectivity index (χ4v) is 1.50. The third kappa shape index (κ3) is 5.97. The number of unbranched alkanes of at least 4 members (excludes halogenated alkanes) is 2. The van der Waals surface area contributed by atoms with E-state index in [1.54, 1.807) is 0 Å². The first-order valence-electron chi connectivity index (χ1n) is 5.53. The Kier molecular flexibility index (Phi) is 8.64. The average Bonchev–Trinajstić information content (AvgIpc) is 2.17. The average molecular weight is 202 g/mol. The Morgan fingerprint density at radius 3 is 2.43 bits per heavy atom. The standard InChI is InChI=1S/C11H22O3/c1-3-5-6-8-11(14-9-12)10(13)7-4-2/h9-11,13H,3-8H2,1-2H3. The largest absolute Gasteiger partial charge is 0.462 e. The SMILES string of the molecule is CCCCCC(OC=O)C(O)CCC. The van der Waals surface area contributed by atoms with E-state index in [-0.39, 0.29) is 6.10 Å². The summed E-state index contributed by atoms with van der Waals surface area (Å²) in [6.07, 6.45) is 4.85. The first-order chi connectivity index (χ1) is 6.76. The number of carbonyl (C=O) groups excluding carboxylic acids is 1. The minimum atomic E-state index is -0.498. The Labute approximate surface area is 86.5 Å². The molecule has 0 aromatic rings. The van der Waals surface area contributed by atoms with E-state index in [1.165, 1.54) is 0 Å². The molecule has 0 heterocycles. The van der Waals surface area contributed by atoms with Gasteiger partial charge in [0.25, 0.3) is 6.47 Å². The van der Waals surface area contributed by atoms with Gasteiger partial charge in [0.2, 0.25) is 0 Å². The van der Waals surface area contributed by atoms with E-state index in [0.29, 0.717) is 12.9 Å². The van der Waals surface area contributed by atoms with Gasteiger partial charge in [-0.2, -0.15) is 0 Å². The third-order valence-electron chi connectivity index (χ3n) is 2.34. The van der Waals surface area contributed by atoms with Gasteiger partial charge in [-0.05, 0) is 19.3 Å². The van der Waals surface area contributed by atoms with E-state index < -0.39 is 6.10 Å². The molecule has 0 aliphatic rings. The lowest BCUT2D eigenvalue weighted by Crippen LogP contribution is -2.28. The van der Waals surface area contributed by atoms with Crippen molar-refractivity contribution in [3.63, 3.8) is 0 Å². The van der Waals surface area contributed by atoms with E-state index in [0.717, 1.165) is 32.1 Å². The van der Waals surface area contributed by atoms with E-state index in [9.17, 15) is 9.90 Å². The molecule has 0 rings (SSSR count). The summed E-state index contributed by atoms with van der Waals surface area (Å²) in [4.78, 5) is 10.2. The van der Waals surface area contributed by atoms with Crippen LogP contribution in [0.4, 0.5) is 0 Å². The number of aliphatic hydroxyl groups excluding tert-OH is 1. The maximum atomic E-state index is 10.2. The monoisotopic (exact) mass is 202 g/mol. The van der Waals surface area contributed by atoms with Crippen LogP contribution in [0.3, 0.4) is 0 Å². The quantitative estimate of drug-likeness (QED) is 0.461. The Morgan fingerprint density at radius 1 is 1.21 bits per heavy atom. The molecule has 0 aromatic carbocycles. The second-order valence-corrected chi connectivity index (χ2v) is 3.62. The highest BCUT2D eigenvalue weighted by Crippen LogP contribution is 2.13. The molecule has 84 valence electrons. The fraction of sp³-hybridized carbons (Fsp3) is 0.909. The summed E-state index contributed by atoms with van der Waals surface area (Å²) in [6.45, 7) is 4.57. The Hall–Kier alpha value is -0.570. The van der Waals surface area contributed by atoms with Crippen LogP contribution in [-0.2, 0) is 9.53 Å². The second-order valence-electron chi connectivity index (χ2n) is 3.62. The molecule has 0 saturated carbocycles. The molecule has 3 nitrogen and oxygen atoms in total. The number of aliphatic hydroxyl groups is 1. The zero-order valence-corrected chi connectivity index (χ0v) is 9.24. The zero-order valence-electron chi connectivity index (χ0n) is 9.24. The number of hydrogen-bond donors (Lipinski definition) is 1. The van der Waals surface area contributed by atoms with E-state index in [1.807, 2.05) is 6.92 Å². The maximum absolute atomic E-state index is 10.2. The molecule has 0 aliphatic heterocycles. The lowest BCUT2D eigenvalue weighted by molar-refractivity contribution is -0.140. The molecule has 1 N–H and O–H groups in total. The van der Waals surface area contributed by atoms with E-state index in [4.69, 9.17) is 4.74 Å². The molecule has 3 heteroatoms. The van der Waals surface area contributed by atoms with Crippen LogP contribution in [0.25, 0.3) is 0 Å². The molecule has 0 fully saturated rings. The van der Waals surface area contributed by atoms with Crippen molar-refractivity contribution in [2.45, 2.75) is 64.6 Å². The minimum Gasteiger partial charge on any atom is -0.462 e. The summed E-state index contributed by atoms with van der Waals surface area (Å²) in [5.74, 6) is 0. The topological polar surface area (TPSA) is 46.5 Å². The highest BCUT2D eigenvalue weighted by molar-refractivity contribution is 5.37. The number of hydrogen-bond acceptors (Lipinski definition) is 3. The van der Waals surface area contributed by atoms with Crippen molar-refractivity contribution in [1.29, 1.82) is 0 Å². The van der Waals surface area contributed by atoms with Crippen LogP contribution in [-0.4, -0.2) is 23.8 Å². The summed E-state index contributed by atoms with van der Waals surface area (Å²) in [5, 5.41) is 9.66. The van der Waals surface area contributed by atoms with Crippen LogP contribution in [0.5, 0.6) is 0 Å². The van der Waals surface area contributed by atoms with Gasteiger partial charge in [0.15, 0.2) is 0 Å². The summed E-state index contributed by atoms with van der Waals surface area (Å²) >= 11 is 0. The molecule has 0 saturated heterocycles. The van der Waals surface area contributed by atoms with Gasteiger partial charge in [-0.25, -0.2) is 0 Å². The molecule has 0 amide bonds. The summed E-state index contributed by atoms with van der Waals surface area (Å²) in [6, 6.07) is 0. The van der Waals surface area contributed by atoms with Gasteiger partial charge in [0.1, 0.15) is 6.10 Å². The molecule has 2 atom stereocenters. The molecule has 0 radical (unpaired) electrons. The molecule has 0 aromatic heterocycles. The minimum absolute atomic E-state index is 0.306. The lowest BCUT2D eigenvalue weighted by Gasteiger charge is -2.20. The first kappa shape index (κ1) is 13.4. The molecule has 14 heavy (non-hydrogen) atoms. The smallest absolute Gasteiger partial charge is 0.293 e. The molecule has 0 aliphatic carbocycles. The van der Waals surface area contributed by atoms with Crippen molar-refractivity contribution >= 4 is 6.47 Å². The van der Waals surface area contributed by atoms with Gasteiger partial charge in [-0.3, -0.25) is 4.79 Å². The van der Waals surface area contributed by atoms with Crippen molar-refractivity contribution < 1.29 is 14.6 Å². The van der Waals surface area contributed by atoms with Crippen LogP contribution >= 0.6 is 0 Å². The highest BCUT2D eigenvalue weighted by atomic mass is 16.5. The Balaban J connectivity index is 3.80. The van der Waals surface area contributed by atoms with Crippen LogP contribution < -0.4 is 0 Å². The first-order valence-corrected chi connectivity index (χ1v) is 5.53. The second kappa shape index (κ2) is 9.00. The molecule has 0 bridgehead atoms. The van der Waals surface area contributed by atoms with Gasteiger partial charge in [-0.1, -0.05) is 33.1 Å². The highest BCUT2D eigenvalue weighted by Gasteiger charge is 2.18. The van der Waals surface area contributed by atoms with Gasteiger partial charge in [-0.15, -0.1) is 0 Å². The Morgan fingerprint density at radius 2 is 1.93 bits per heavy atom. The van der Waals surface area contributed by atoms with E-state index >= 15 is 0 Å². The molecular formula is C11H22O3. The third-order valence-corrected chi connectivity index (χ3v) is 2.34. The van der Waals surface area contributed by atoms with Crippen molar-refractivity contribution in [2.24, 2.45) is 0 Å². The fourth-order valence-electron chi connectivity index (χ4n) is 1.50. The van der Waals surface area contributed by atoms with Crippen LogP contribution in [0.15, 0.2) is 0 Å². The summed E-state index contributed by atoms with van der Waals surface area (Å²) in [5.41, 5.74) is 0. The normalized spacial score (nSPS) is 14.8. The van der Waals surface area contributed by atoms with Crippen molar-refractivity contribution in [2.75, 3.05) is 0 Å². The summed E-state index contributed by atoms with van der Waals surface area (Å²) < 4.78 is 4.87. The zero-order chi connectivity index (χ0) is 10.8.